The first-order valence-corrected chi connectivity index (χ1v) is 10.3. The summed E-state index contributed by atoms with van der Waals surface area (Å²) in [5, 5.41) is 7.65. The fourth-order valence-corrected chi connectivity index (χ4v) is 3.57. The van der Waals surface area contributed by atoms with Crippen LogP contribution in [0.15, 0.2) is 41.2 Å². The number of aryl methyl sites for hydroxylation is 2. The summed E-state index contributed by atoms with van der Waals surface area (Å²) in [4.78, 5) is 25.4. The van der Waals surface area contributed by atoms with Crippen molar-refractivity contribution < 1.29 is 4.79 Å². The summed E-state index contributed by atoms with van der Waals surface area (Å²) < 4.78 is 4.99. The summed E-state index contributed by atoms with van der Waals surface area (Å²) in [5.41, 5.74) is 2.80. The molecule has 0 unspecified atom stereocenters. The van der Waals surface area contributed by atoms with Gasteiger partial charge in [0.15, 0.2) is 0 Å². The summed E-state index contributed by atoms with van der Waals surface area (Å²) in [7, 11) is 1.78. The van der Waals surface area contributed by atoms with Gasteiger partial charge in [-0.25, -0.2) is 4.68 Å². The molecule has 158 valence electrons. The Morgan fingerprint density at radius 2 is 1.93 bits per heavy atom. The van der Waals surface area contributed by atoms with E-state index in [-0.39, 0.29) is 11.2 Å². The van der Waals surface area contributed by atoms with Crippen LogP contribution in [-0.2, 0) is 18.4 Å². The summed E-state index contributed by atoms with van der Waals surface area (Å²) >= 11 is 6.41. The molecule has 8 heteroatoms. The number of carbonyl (C=O) groups is 1. The highest BCUT2D eigenvalue weighted by Gasteiger charge is 2.17. The number of anilines is 1. The number of carbonyl (C=O) groups excluding carboxylic acids is 1. The number of halogens is 1. The molecule has 0 saturated heterocycles. The molecule has 30 heavy (non-hydrogen) atoms. The van der Waals surface area contributed by atoms with E-state index >= 15 is 0 Å². The van der Waals surface area contributed by atoms with Crippen LogP contribution < -0.4 is 10.9 Å². The number of nitrogens with zero attached hydrogens (tertiary/aromatic N) is 4. The SMILES string of the molecule is CCCCn1nc(C)c(/C=C/C(=O)Nc2c(C)n(C)n(-c3ccccc3)c2=O)c1Cl. The van der Waals surface area contributed by atoms with Crippen molar-refractivity contribution in [3.63, 3.8) is 0 Å². The Morgan fingerprint density at radius 3 is 2.60 bits per heavy atom. The fraction of sp³-hybridized carbons (Fsp3) is 0.318. The van der Waals surface area contributed by atoms with E-state index in [0.29, 0.717) is 16.4 Å². The van der Waals surface area contributed by atoms with Crippen molar-refractivity contribution in [1.82, 2.24) is 19.1 Å². The van der Waals surface area contributed by atoms with Crippen molar-refractivity contribution in [3.8, 4) is 5.69 Å². The first kappa shape index (κ1) is 21.6. The standard InChI is InChI=1S/C22H26ClN5O2/c1-5-6-14-27-21(23)18(15(2)25-27)12-13-19(29)24-20-16(3)26(4)28(22(20)30)17-10-8-7-9-11-17/h7-13H,5-6,14H2,1-4H3,(H,24,29)/b13-12+. The van der Waals surface area contributed by atoms with Crippen LogP contribution in [0.5, 0.6) is 0 Å². The normalized spacial score (nSPS) is 11.4. The van der Waals surface area contributed by atoms with Crippen molar-refractivity contribution in [2.45, 2.75) is 40.2 Å². The molecule has 1 amide bonds. The highest BCUT2D eigenvalue weighted by Crippen LogP contribution is 2.22. The fourth-order valence-electron chi connectivity index (χ4n) is 3.25. The molecule has 0 saturated carbocycles. The first-order chi connectivity index (χ1) is 14.3. The lowest BCUT2D eigenvalue weighted by atomic mass is 10.2. The number of rotatable bonds is 7. The van der Waals surface area contributed by atoms with Gasteiger partial charge in [-0.3, -0.25) is 19.0 Å². The maximum atomic E-state index is 12.9. The van der Waals surface area contributed by atoms with Gasteiger partial charge in [0.05, 0.1) is 17.1 Å². The lowest BCUT2D eigenvalue weighted by molar-refractivity contribution is -0.111. The second kappa shape index (κ2) is 9.17. The van der Waals surface area contributed by atoms with Gasteiger partial charge in [0.1, 0.15) is 10.8 Å². The van der Waals surface area contributed by atoms with Crippen molar-refractivity contribution in [3.05, 3.63) is 68.9 Å². The highest BCUT2D eigenvalue weighted by atomic mass is 35.5. The molecule has 0 spiro atoms. The maximum Gasteiger partial charge on any atom is 0.295 e. The van der Waals surface area contributed by atoms with Gasteiger partial charge in [-0.15, -0.1) is 0 Å². The Kier molecular flexibility index (Phi) is 6.62. The van der Waals surface area contributed by atoms with Crippen LogP contribution in [0.2, 0.25) is 5.15 Å². The van der Waals surface area contributed by atoms with Crippen LogP contribution in [0.1, 0.15) is 36.7 Å². The minimum Gasteiger partial charge on any atom is -0.316 e. The average molecular weight is 428 g/mol. The smallest absolute Gasteiger partial charge is 0.295 e. The summed E-state index contributed by atoms with van der Waals surface area (Å²) in [6, 6.07) is 9.28. The third-order valence-corrected chi connectivity index (χ3v) is 5.44. The van der Waals surface area contributed by atoms with Gasteiger partial charge in [-0.05, 0) is 38.5 Å². The van der Waals surface area contributed by atoms with Gasteiger partial charge in [0, 0.05) is 25.2 Å². The predicted molar refractivity (Wildman–Crippen MR) is 120 cm³/mol. The molecule has 2 aromatic heterocycles. The number of para-hydroxylation sites is 1. The zero-order valence-corrected chi connectivity index (χ0v) is 18.4. The molecule has 1 aromatic carbocycles. The molecule has 0 aliphatic carbocycles. The summed E-state index contributed by atoms with van der Waals surface area (Å²) in [6.45, 7) is 6.48. The van der Waals surface area contributed by atoms with Gasteiger partial charge in [0.2, 0.25) is 5.91 Å². The molecule has 1 N–H and O–H groups in total. The number of unbranched alkanes of at least 4 members (excludes halogenated alkanes) is 1. The monoisotopic (exact) mass is 427 g/mol. The number of amides is 1. The zero-order valence-electron chi connectivity index (χ0n) is 17.6. The Balaban J connectivity index is 1.83. The largest absolute Gasteiger partial charge is 0.316 e. The van der Waals surface area contributed by atoms with Gasteiger partial charge in [-0.1, -0.05) is 43.1 Å². The number of hydrogen-bond acceptors (Lipinski definition) is 3. The van der Waals surface area contributed by atoms with Crippen LogP contribution in [-0.4, -0.2) is 25.1 Å². The number of benzene rings is 1. The highest BCUT2D eigenvalue weighted by molar-refractivity contribution is 6.31. The van der Waals surface area contributed by atoms with Crippen molar-refractivity contribution in [2.75, 3.05) is 5.32 Å². The average Bonchev–Trinajstić information content (AvgIpc) is 3.12. The summed E-state index contributed by atoms with van der Waals surface area (Å²) in [5.74, 6) is -0.405. The molecule has 3 rings (SSSR count). The van der Waals surface area contributed by atoms with E-state index in [4.69, 9.17) is 11.6 Å². The van der Waals surface area contributed by atoms with Crippen molar-refractivity contribution in [2.24, 2.45) is 7.05 Å². The van der Waals surface area contributed by atoms with Gasteiger partial charge < -0.3 is 5.32 Å². The third-order valence-electron chi connectivity index (χ3n) is 5.04. The molecular weight excluding hydrogens is 402 g/mol. The van der Waals surface area contributed by atoms with E-state index < -0.39 is 5.91 Å². The van der Waals surface area contributed by atoms with Gasteiger partial charge >= 0.3 is 0 Å². The second-order valence-corrected chi connectivity index (χ2v) is 7.48. The van der Waals surface area contributed by atoms with Crippen LogP contribution >= 0.6 is 11.6 Å². The van der Waals surface area contributed by atoms with Crippen molar-refractivity contribution in [1.29, 1.82) is 0 Å². The first-order valence-electron chi connectivity index (χ1n) is 9.91. The Bertz CT molecular complexity index is 1140. The number of hydrogen-bond donors (Lipinski definition) is 1. The van der Waals surface area contributed by atoms with E-state index in [2.05, 4.69) is 17.3 Å². The lowest BCUT2D eigenvalue weighted by Crippen LogP contribution is -2.22. The van der Waals surface area contributed by atoms with Crippen LogP contribution in [0.4, 0.5) is 5.69 Å². The Hall–Kier alpha value is -3.06. The molecule has 7 nitrogen and oxygen atoms in total. The summed E-state index contributed by atoms with van der Waals surface area (Å²) in [6.07, 6.45) is 5.03. The maximum absolute atomic E-state index is 12.9. The minimum atomic E-state index is -0.405. The van der Waals surface area contributed by atoms with Gasteiger partial charge in [0.25, 0.3) is 5.56 Å². The van der Waals surface area contributed by atoms with E-state index in [1.165, 1.54) is 10.8 Å². The van der Waals surface area contributed by atoms with Gasteiger partial charge in [-0.2, -0.15) is 5.10 Å². The topological polar surface area (TPSA) is 73.8 Å². The molecule has 0 aliphatic heterocycles. The minimum absolute atomic E-state index is 0.248. The molecule has 0 radical (unpaired) electrons. The second-order valence-electron chi connectivity index (χ2n) is 7.13. The molecular formula is C22H26ClN5O2. The number of aromatic nitrogens is 4. The third kappa shape index (κ3) is 4.26. The van der Waals surface area contributed by atoms with Crippen LogP contribution in [0, 0.1) is 13.8 Å². The predicted octanol–water partition coefficient (Wildman–Crippen LogP) is 4.09. The Labute approximate surface area is 180 Å². The molecule has 0 atom stereocenters. The lowest BCUT2D eigenvalue weighted by Gasteiger charge is -2.07. The van der Waals surface area contributed by atoms with Crippen LogP contribution in [0.3, 0.4) is 0 Å². The molecule has 0 bridgehead atoms. The molecule has 3 aromatic rings. The zero-order chi connectivity index (χ0) is 21.8. The molecule has 0 fully saturated rings. The van der Waals surface area contributed by atoms with E-state index in [9.17, 15) is 9.59 Å². The van der Waals surface area contributed by atoms with Crippen molar-refractivity contribution >= 4 is 29.3 Å². The van der Waals surface area contributed by atoms with E-state index in [1.807, 2.05) is 37.3 Å². The van der Waals surface area contributed by atoms with E-state index in [1.54, 1.807) is 29.4 Å². The van der Waals surface area contributed by atoms with Crippen LogP contribution in [0.25, 0.3) is 11.8 Å². The quantitative estimate of drug-likeness (QED) is 0.577. The van der Waals surface area contributed by atoms with E-state index in [0.717, 1.165) is 30.8 Å². The number of nitrogens with one attached hydrogen (secondary N) is 1. The Morgan fingerprint density at radius 1 is 1.23 bits per heavy atom. The molecule has 0 aliphatic rings. The molecule has 2 heterocycles.